The Morgan fingerprint density at radius 2 is 1.74 bits per heavy atom. The first-order valence-electron chi connectivity index (χ1n) is 11.6. The maximum atomic E-state index is 12.8. The second kappa shape index (κ2) is 9.25. The minimum absolute atomic E-state index is 0.0508. The zero-order chi connectivity index (χ0) is 24.4. The third-order valence-corrected chi connectivity index (χ3v) is 6.83. The fourth-order valence-electron chi connectivity index (χ4n) is 4.65. The number of aromatic amines is 1. The van der Waals surface area contributed by atoms with Gasteiger partial charge in [-0.25, -0.2) is 14.6 Å². The van der Waals surface area contributed by atoms with E-state index in [0.29, 0.717) is 18.5 Å². The Balaban J connectivity index is 1.16. The molecule has 0 aliphatic heterocycles. The van der Waals surface area contributed by atoms with Gasteiger partial charge in [0, 0.05) is 30.8 Å². The summed E-state index contributed by atoms with van der Waals surface area (Å²) in [6.45, 7) is 0.274. The van der Waals surface area contributed by atoms with Crippen molar-refractivity contribution >= 4 is 18.0 Å². The maximum Gasteiger partial charge on any atom is 0.407 e. The van der Waals surface area contributed by atoms with Crippen LogP contribution < -0.4 is 10.6 Å². The van der Waals surface area contributed by atoms with Gasteiger partial charge in [0.1, 0.15) is 12.6 Å². The Morgan fingerprint density at radius 1 is 1.09 bits per heavy atom. The maximum absolute atomic E-state index is 12.8. The molecule has 35 heavy (non-hydrogen) atoms. The molecule has 1 saturated carbocycles. The zero-order valence-electron chi connectivity index (χ0n) is 19.0. The lowest BCUT2D eigenvalue weighted by Crippen LogP contribution is -2.48. The van der Waals surface area contributed by atoms with Crippen LogP contribution in [-0.4, -0.2) is 52.2 Å². The number of aromatic nitrogens is 2. The Hall–Kier alpha value is -4.14. The molecule has 1 aromatic heterocycles. The first-order chi connectivity index (χ1) is 17.0. The lowest BCUT2D eigenvalue weighted by molar-refractivity contribution is -0.142. The summed E-state index contributed by atoms with van der Waals surface area (Å²) in [6, 6.07) is 15.1. The number of carbonyl (C=O) groups is 3. The van der Waals surface area contributed by atoms with Crippen molar-refractivity contribution in [3.63, 3.8) is 0 Å². The highest BCUT2D eigenvalue weighted by atomic mass is 16.5. The Morgan fingerprint density at radius 3 is 2.31 bits per heavy atom. The van der Waals surface area contributed by atoms with E-state index in [9.17, 15) is 19.5 Å². The van der Waals surface area contributed by atoms with Crippen LogP contribution in [0.5, 0.6) is 0 Å². The fourth-order valence-corrected chi connectivity index (χ4v) is 4.65. The van der Waals surface area contributed by atoms with Crippen LogP contribution in [0.3, 0.4) is 0 Å². The Bertz CT molecular complexity index is 1210. The number of ether oxygens (including phenoxy) is 1. The quantitative estimate of drug-likeness (QED) is 0.377. The van der Waals surface area contributed by atoms with Gasteiger partial charge in [-0.1, -0.05) is 48.5 Å². The highest BCUT2D eigenvalue weighted by Gasteiger charge is 2.51. The third-order valence-electron chi connectivity index (χ3n) is 6.83. The molecule has 5 rings (SSSR count). The molecule has 1 fully saturated rings. The highest BCUT2D eigenvalue weighted by Crippen LogP contribution is 2.46. The molecule has 1 heterocycles. The topological polar surface area (TPSA) is 133 Å². The number of fused-ring (bicyclic) bond motifs is 3. The van der Waals surface area contributed by atoms with E-state index in [1.807, 2.05) is 36.4 Å². The molecular formula is C26H26N4O5. The van der Waals surface area contributed by atoms with Crippen molar-refractivity contribution in [1.82, 2.24) is 20.6 Å². The number of rotatable bonds is 9. The van der Waals surface area contributed by atoms with Gasteiger partial charge in [0.15, 0.2) is 0 Å². The number of alkyl carbamates (subject to hydrolysis) is 1. The molecule has 3 aromatic rings. The number of nitrogens with zero attached hydrogens (tertiary/aromatic N) is 1. The molecule has 180 valence electrons. The average molecular weight is 475 g/mol. The van der Waals surface area contributed by atoms with Crippen molar-refractivity contribution < 1.29 is 24.2 Å². The molecule has 2 aliphatic carbocycles. The summed E-state index contributed by atoms with van der Waals surface area (Å²) >= 11 is 0. The predicted octanol–water partition coefficient (Wildman–Crippen LogP) is 2.84. The molecule has 0 saturated heterocycles. The first-order valence-corrected chi connectivity index (χ1v) is 11.6. The van der Waals surface area contributed by atoms with E-state index < -0.39 is 23.5 Å². The van der Waals surface area contributed by atoms with Crippen molar-refractivity contribution in [3.8, 4) is 11.1 Å². The second-order valence-corrected chi connectivity index (χ2v) is 9.10. The van der Waals surface area contributed by atoms with Gasteiger partial charge in [0.25, 0.3) is 0 Å². The van der Waals surface area contributed by atoms with E-state index >= 15 is 0 Å². The molecule has 4 N–H and O–H groups in total. The van der Waals surface area contributed by atoms with Gasteiger partial charge in [-0.05, 0) is 35.1 Å². The number of carbonyl (C=O) groups excluding carboxylic acids is 2. The average Bonchev–Trinajstić information content (AvgIpc) is 3.36. The number of benzene rings is 2. The van der Waals surface area contributed by atoms with E-state index in [-0.39, 0.29) is 31.4 Å². The van der Waals surface area contributed by atoms with Gasteiger partial charge in [0.05, 0.1) is 11.7 Å². The second-order valence-electron chi connectivity index (χ2n) is 9.10. The van der Waals surface area contributed by atoms with Gasteiger partial charge in [-0.2, -0.15) is 0 Å². The number of nitrogens with one attached hydrogen (secondary N) is 3. The van der Waals surface area contributed by atoms with Crippen LogP contribution in [0.15, 0.2) is 61.1 Å². The van der Waals surface area contributed by atoms with E-state index in [2.05, 4.69) is 32.7 Å². The highest BCUT2D eigenvalue weighted by molar-refractivity contribution is 5.90. The van der Waals surface area contributed by atoms with Crippen molar-refractivity contribution in [1.29, 1.82) is 0 Å². The number of aliphatic carboxylic acids is 1. The summed E-state index contributed by atoms with van der Waals surface area (Å²) in [5.74, 6) is -1.57. The van der Waals surface area contributed by atoms with Gasteiger partial charge in [0.2, 0.25) is 5.91 Å². The number of carboxylic acids is 1. The molecule has 0 spiro atoms. The lowest BCUT2D eigenvalue weighted by Gasteiger charge is -2.20. The van der Waals surface area contributed by atoms with Crippen LogP contribution in [0.2, 0.25) is 0 Å². The number of imidazole rings is 1. The number of hydrogen-bond donors (Lipinski definition) is 4. The molecular weight excluding hydrogens is 448 g/mol. The van der Waals surface area contributed by atoms with Crippen LogP contribution in [-0.2, 0) is 20.7 Å². The lowest BCUT2D eigenvalue weighted by atomic mass is 9.98. The molecule has 9 heteroatoms. The molecule has 2 amide bonds. The van der Waals surface area contributed by atoms with E-state index in [4.69, 9.17) is 4.74 Å². The molecule has 0 unspecified atom stereocenters. The van der Waals surface area contributed by atoms with Crippen molar-refractivity contribution in [2.24, 2.45) is 5.41 Å². The molecule has 0 bridgehead atoms. The standard InChI is InChI=1S/C26H26N4O5/c31-23(32)22(11-16-12-27-15-29-16)30-24(33)26(9-10-26)14-28-25(34)35-13-21-19-7-3-1-5-17(19)18-6-2-4-8-20(18)21/h1-8,12,15,21-22H,9-11,13-14H2,(H,27,29)(H,28,34)(H,30,33)(H,31,32)/t22-/m0/s1. The summed E-state index contributed by atoms with van der Waals surface area (Å²) in [5.41, 5.74) is 4.34. The normalized spacial score (nSPS) is 16.0. The minimum Gasteiger partial charge on any atom is -0.480 e. The molecule has 2 aromatic carbocycles. The molecule has 9 nitrogen and oxygen atoms in total. The van der Waals surface area contributed by atoms with E-state index in [0.717, 1.165) is 22.3 Å². The smallest absolute Gasteiger partial charge is 0.407 e. The van der Waals surface area contributed by atoms with Crippen LogP contribution >= 0.6 is 0 Å². The minimum atomic E-state index is -1.13. The summed E-state index contributed by atoms with van der Waals surface area (Å²) in [7, 11) is 0. The first kappa shape index (κ1) is 22.6. The SMILES string of the molecule is O=C(NCC1(C(=O)N[C@@H](Cc2cnc[nH]2)C(=O)O)CC1)OCC1c2ccccc2-c2ccccc21. The van der Waals surface area contributed by atoms with Crippen molar-refractivity contribution in [2.75, 3.05) is 13.2 Å². The summed E-state index contributed by atoms with van der Waals surface area (Å²) in [6.07, 6.45) is 3.61. The number of hydrogen-bond acceptors (Lipinski definition) is 5. The number of carboxylic acid groups (broad SMARTS) is 1. The zero-order valence-corrected chi connectivity index (χ0v) is 19.0. The van der Waals surface area contributed by atoms with Crippen molar-refractivity contribution in [2.45, 2.75) is 31.2 Å². The summed E-state index contributed by atoms with van der Waals surface area (Å²) in [4.78, 5) is 43.7. The Labute approximate surface area is 201 Å². The number of H-pyrrole nitrogens is 1. The molecule has 0 radical (unpaired) electrons. The van der Waals surface area contributed by atoms with Crippen molar-refractivity contribution in [3.05, 3.63) is 77.9 Å². The van der Waals surface area contributed by atoms with Crippen LogP contribution in [0.25, 0.3) is 11.1 Å². The van der Waals surface area contributed by atoms with Gasteiger partial charge in [-0.3, -0.25) is 4.79 Å². The predicted molar refractivity (Wildman–Crippen MR) is 127 cm³/mol. The van der Waals surface area contributed by atoms with Crippen LogP contribution in [0.1, 0.15) is 35.6 Å². The molecule has 2 aliphatic rings. The molecule has 1 atom stereocenters. The largest absolute Gasteiger partial charge is 0.480 e. The summed E-state index contributed by atoms with van der Waals surface area (Å²) in [5, 5.41) is 14.8. The van der Waals surface area contributed by atoms with Gasteiger partial charge >= 0.3 is 12.1 Å². The monoisotopic (exact) mass is 474 g/mol. The Kier molecular flexibility index (Phi) is 5.98. The summed E-state index contributed by atoms with van der Waals surface area (Å²) < 4.78 is 5.55. The van der Waals surface area contributed by atoms with Gasteiger partial charge < -0.3 is 25.5 Å². The van der Waals surface area contributed by atoms with Crippen LogP contribution in [0.4, 0.5) is 4.79 Å². The number of amides is 2. The van der Waals surface area contributed by atoms with Gasteiger partial charge in [-0.15, -0.1) is 0 Å². The fraction of sp³-hybridized carbons (Fsp3) is 0.308. The van der Waals surface area contributed by atoms with E-state index in [1.165, 1.54) is 12.5 Å². The third kappa shape index (κ3) is 4.62. The van der Waals surface area contributed by atoms with E-state index in [1.54, 1.807) is 0 Å². The van der Waals surface area contributed by atoms with Crippen LogP contribution in [0, 0.1) is 5.41 Å².